The molecule has 122 valence electrons. The number of hydrogen-bond donors (Lipinski definition) is 0. The molecule has 1 saturated carbocycles. The van der Waals surface area contributed by atoms with Gasteiger partial charge in [0.1, 0.15) is 6.10 Å². The van der Waals surface area contributed by atoms with Crippen LogP contribution in [0.2, 0.25) is 0 Å². The van der Waals surface area contributed by atoms with Gasteiger partial charge in [-0.2, -0.15) is 5.26 Å². The van der Waals surface area contributed by atoms with E-state index in [-0.39, 0.29) is 12.0 Å². The van der Waals surface area contributed by atoms with Crippen molar-refractivity contribution in [3.05, 3.63) is 23.9 Å². The number of thioether (sulfide) groups is 1. The molecular weight excluding hydrogens is 310 g/mol. The fourth-order valence-corrected chi connectivity index (χ4v) is 4.33. The second-order valence-corrected chi connectivity index (χ2v) is 7.37. The zero-order valence-electron chi connectivity index (χ0n) is 13.1. The highest BCUT2D eigenvalue weighted by molar-refractivity contribution is 8.00. The van der Waals surface area contributed by atoms with Gasteiger partial charge in [0.05, 0.1) is 23.9 Å². The second-order valence-electron chi connectivity index (χ2n) is 6.08. The maximum absolute atomic E-state index is 12.3. The van der Waals surface area contributed by atoms with Crippen molar-refractivity contribution in [1.82, 2.24) is 9.88 Å². The molecule has 2 heterocycles. The van der Waals surface area contributed by atoms with Crippen LogP contribution in [0.4, 0.5) is 0 Å². The van der Waals surface area contributed by atoms with Crippen LogP contribution in [0, 0.1) is 11.3 Å². The van der Waals surface area contributed by atoms with Gasteiger partial charge in [-0.25, -0.2) is 4.98 Å². The molecule has 23 heavy (non-hydrogen) atoms. The third-order valence-corrected chi connectivity index (χ3v) is 5.75. The summed E-state index contributed by atoms with van der Waals surface area (Å²) in [6.07, 6.45) is 7.48. The normalized spacial score (nSPS) is 21.3. The predicted molar refractivity (Wildman–Crippen MR) is 89.3 cm³/mol. The third kappa shape index (κ3) is 4.38. The molecule has 3 rings (SSSR count). The quantitative estimate of drug-likeness (QED) is 0.830. The zero-order valence-corrected chi connectivity index (χ0v) is 13.9. The average Bonchev–Trinajstić information content (AvgIpc) is 3.24. The molecule has 1 aromatic rings. The summed E-state index contributed by atoms with van der Waals surface area (Å²) in [7, 11) is 0. The van der Waals surface area contributed by atoms with Gasteiger partial charge in [-0.3, -0.25) is 4.79 Å². The summed E-state index contributed by atoms with van der Waals surface area (Å²) in [4.78, 5) is 18.3. The Balaban J connectivity index is 1.45. The highest BCUT2D eigenvalue weighted by Crippen LogP contribution is 2.29. The average molecular weight is 331 g/mol. The number of carbonyl (C=O) groups excluding carboxylic acids is 1. The number of ether oxygens (including phenoxy) is 1. The molecular formula is C17H21N3O2S. The van der Waals surface area contributed by atoms with Gasteiger partial charge in [-0.1, -0.05) is 12.8 Å². The number of hydrogen-bond acceptors (Lipinski definition) is 5. The molecule has 5 nitrogen and oxygen atoms in total. The number of nitrogens with zero attached hydrogens (tertiary/aromatic N) is 3. The Bertz CT molecular complexity index is 596. The molecule has 1 atom stereocenters. The molecule has 1 amide bonds. The van der Waals surface area contributed by atoms with Crippen LogP contribution in [0.15, 0.2) is 18.3 Å². The fourth-order valence-electron chi connectivity index (χ4n) is 3.10. The second kappa shape index (κ2) is 7.69. The molecule has 0 aromatic carbocycles. The Labute approximate surface area is 141 Å². The van der Waals surface area contributed by atoms with Crippen molar-refractivity contribution in [3.63, 3.8) is 0 Å². The summed E-state index contributed by atoms with van der Waals surface area (Å²) in [5, 5.41) is 9.57. The lowest BCUT2D eigenvalue weighted by molar-refractivity contribution is -0.127. The van der Waals surface area contributed by atoms with E-state index in [4.69, 9.17) is 10.00 Å². The molecule has 1 unspecified atom stereocenters. The number of carbonyl (C=O) groups is 1. The van der Waals surface area contributed by atoms with Gasteiger partial charge in [0.25, 0.3) is 0 Å². The molecule has 0 N–H and O–H groups in total. The lowest BCUT2D eigenvalue weighted by atomic mass is 10.3. The summed E-state index contributed by atoms with van der Waals surface area (Å²) in [6, 6.07) is 5.37. The minimum Gasteiger partial charge on any atom is -0.472 e. The first kappa shape index (κ1) is 16.1. The number of amides is 1. The van der Waals surface area contributed by atoms with Crippen molar-refractivity contribution in [1.29, 1.82) is 5.26 Å². The third-order valence-electron chi connectivity index (χ3n) is 4.39. The Morgan fingerprint density at radius 2 is 2.26 bits per heavy atom. The maximum atomic E-state index is 12.3. The van der Waals surface area contributed by atoms with Gasteiger partial charge in [0.15, 0.2) is 0 Å². The van der Waals surface area contributed by atoms with Crippen LogP contribution < -0.4 is 4.74 Å². The highest BCUT2D eigenvalue weighted by atomic mass is 32.2. The van der Waals surface area contributed by atoms with Gasteiger partial charge in [0, 0.05) is 30.5 Å². The molecule has 0 bridgehead atoms. The fraction of sp³-hybridized carbons (Fsp3) is 0.588. The molecule has 1 aromatic heterocycles. The van der Waals surface area contributed by atoms with Crippen molar-refractivity contribution < 1.29 is 9.53 Å². The van der Waals surface area contributed by atoms with E-state index in [1.807, 2.05) is 16.7 Å². The SMILES string of the molecule is N#Cc1ccnc(OC2CCN(C(=O)CSC3CCCC3)C2)c1. The van der Waals surface area contributed by atoms with Crippen molar-refractivity contribution in [2.45, 2.75) is 43.5 Å². The first-order valence-corrected chi connectivity index (χ1v) is 9.21. The molecule has 2 fully saturated rings. The Kier molecular flexibility index (Phi) is 5.39. The Morgan fingerprint density at radius 3 is 3.04 bits per heavy atom. The summed E-state index contributed by atoms with van der Waals surface area (Å²) < 4.78 is 5.81. The van der Waals surface area contributed by atoms with Gasteiger partial charge >= 0.3 is 0 Å². The van der Waals surface area contributed by atoms with E-state index in [2.05, 4.69) is 11.1 Å². The van der Waals surface area contributed by atoms with Gasteiger partial charge in [-0.15, -0.1) is 11.8 Å². The molecule has 0 radical (unpaired) electrons. The van der Waals surface area contributed by atoms with Crippen molar-refractivity contribution in [3.8, 4) is 11.9 Å². The molecule has 6 heteroatoms. The van der Waals surface area contributed by atoms with Gasteiger partial charge in [0.2, 0.25) is 11.8 Å². The van der Waals surface area contributed by atoms with E-state index >= 15 is 0 Å². The summed E-state index contributed by atoms with van der Waals surface area (Å²) in [5.74, 6) is 1.26. The lowest BCUT2D eigenvalue weighted by Gasteiger charge is -2.18. The molecule has 2 aliphatic rings. The van der Waals surface area contributed by atoms with E-state index in [9.17, 15) is 4.79 Å². The summed E-state index contributed by atoms with van der Waals surface area (Å²) >= 11 is 1.81. The lowest BCUT2D eigenvalue weighted by Crippen LogP contribution is -2.32. The first-order chi connectivity index (χ1) is 11.2. The molecule has 0 spiro atoms. The standard InChI is InChI=1S/C17H21N3O2S/c18-10-13-5-7-19-16(9-13)22-14-6-8-20(11-14)17(21)12-23-15-3-1-2-4-15/h5,7,9,14-15H,1-4,6,8,11-12H2. The molecule has 1 saturated heterocycles. The van der Waals surface area contributed by atoms with Crippen molar-refractivity contribution in [2.75, 3.05) is 18.8 Å². The number of pyridine rings is 1. The van der Waals surface area contributed by atoms with Crippen LogP contribution in [0.1, 0.15) is 37.7 Å². The number of likely N-dealkylation sites (tertiary alicyclic amines) is 1. The van der Waals surface area contributed by atoms with Crippen LogP contribution in [0.5, 0.6) is 5.88 Å². The topological polar surface area (TPSA) is 66.2 Å². The van der Waals surface area contributed by atoms with E-state index in [0.29, 0.717) is 29.0 Å². The zero-order chi connectivity index (χ0) is 16.1. The van der Waals surface area contributed by atoms with Crippen LogP contribution in [0.25, 0.3) is 0 Å². The minimum absolute atomic E-state index is 0.0307. The van der Waals surface area contributed by atoms with E-state index in [0.717, 1.165) is 13.0 Å². The van der Waals surface area contributed by atoms with Crippen LogP contribution in [-0.4, -0.2) is 46.0 Å². The van der Waals surface area contributed by atoms with Gasteiger partial charge < -0.3 is 9.64 Å². The van der Waals surface area contributed by atoms with Crippen LogP contribution in [-0.2, 0) is 4.79 Å². The summed E-state index contributed by atoms with van der Waals surface area (Å²) in [5.41, 5.74) is 0.536. The van der Waals surface area contributed by atoms with Crippen molar-refractivity contribution in [2.24, 2.45) is 0 Å². The largest absolute Gasteiger partial charge is 0.472 e. The van der Waals surface area contributed by atoms with Crippen molar-refractivity contribution >= 4 is 17.7 Å². The summed E-state index contributed by atoms with van der Waals surface area (Å²) in [6.45, 7) is 1.36. The predicted octanol–water partition coefficient (Wildman–Crippen LogP) is 2.61. The Morgan fingerprint density at radius 1 is 1.43 bits per heavy atom. The van der Waals surface area contributed by atoms with E-state index in [1.54, 1.807) is 18.3 Å². The number of nitriles is 1. The van der Waals surface area contributed by atoms with E-state index in [1.165, 1.54) is 25.7 Å². The number of rotatable bonds is 5. The van der Waals surface area contributed by atoms with Crippen LogP contribution in [0.3, 0.4) is 0 Å². The van der Waals surface area contributed by atoms with E-state index < -0.39 is 0 Å². The van der Waals surface area contributed by atoms with Gasteiger partial charge in [-0.05, 0) is 18.9 Å². The van der Waals surface area contributed by atoms with Crippen LogP contribution >= 0.6 is 11.8 Å². The highest BCUT2D eigenvalue weighted by Gasteiger charge is 2.28. The minimum atomic E-state index is -0.0307. The Hall–Kier alpha value is -1.74. The first-order valence-electron chi connectivity index (χ1n) is 8.17. The number of aromatic nitrogens is 1. The molecule has 1 aliphatic heterocycles. The maximum Gasteiger partial charge on any atom is 0.232 e. The smallest absolute Gasteiger partial charge is 0.232 e. The molecule has 1 aliphatic carbocycles. The monoisotopic (exact) mass is 331 g/mol.